The number of carbonyl (C=O) groups is 2. The number of carbonyl (C=O) groups excluding carboxylic acids is 1. The van der Waals surface area contributed by atoms with Crippen LogP contribution in [0.15, 0.2) is 60.7 Å². The van der Waals surface area contributed by atoms with Crippen LogP contribution in [-0.4, -0.2) is 47.7 Å². The van der Waals surface area contributed by atoms with Gasteiger partial charge in [0, 0.05) is 13.0 Å². The molecular formula is C21H23NO4. The Balaban J connectivity index is 1.72. The smallest absolute Gasteiger partial charge is 0.334 e. The Kier molecular flexibility index (Phi) is 6.02. The Morgan fingerprint density at radius 1 is 1.08 bits per heavy atom. The second-order valence-electron chi connectivity index (χ2n) is 6.54. The van der Waals surface area contributed by atoms with Gasteiger partial charge in [-0.15, -0.1) is 0 Å². The molecule has 1 N–H and O–H groups in total. The lowest BCUT2D eigenvalue weighted by Crippen LogP contribution is -2.48. The van der Waals surface area contributed by atoms with E-state index in [2.05, 4.69) is 12.1 Å². The van der Waals surface area contributed by atoms with Gasteiger partial charge in [-0.3, -0.25) is 4.79 Å². The molecular weight excluding hydrogens is 330 g/mol. The van der Waals surface area contributed by atoms with Gasteiger partial charge in [-0.25, -0.2) is 4.79 Å². The van der Waals surface area contributed by atoms with Gasteiger partial charge in [-0.05, 0) is 23.5 Å². The number of benzene rings is 2. The molecule has 0 bridgehead atoms. The summed E-state index contributed by atoms with van der Waals surface area (Å²) in [5.41, 5.74) is 2.30. The minimum absolute atomic E-state index is 0.0238. The minimum Gasteiger partial charge on any atom is -0.479 e. The molecule has 1 amide bonds. The van der Waals surface area contributed by atoms with Gasteiger partial charge in [0.05, 0.1) is 13.2 Å². The maximum Gasteiger partial charge on any atom is 0.334 e. The van der Waals surface area contributed by atoms with Gasteiger partial charge in [0.15, 0.2) is 6.10 Å². The van der Waals surface area contributed by atoms with E-state index in [0.717, 1.165) is 12.0 Å². The fraction of sp³-hybridized carbons (Fsp3) is 0.333. The van der Waals surface area contributed by atoms with Gasteiger partial charge in [-0.1, -0.05) is 60.7 Å². The predicted octanol–water partition coefficient (Wildman–Crippen LogP) is 2.72. The third kappa shape index (κ3) is 4.70. The molecule has 2 aromatic rings. The highest BCUT2D eigenvalue weighted by Crippen LogP contribution is 2.25. The summed E-state index contributed by atoms with van der Waals surface area (Å²) in [7, 11) is 0. The molecule has 1 fully saturated rings. The van der Waals surface area contributed by atoms with Gasteiger partial charge in [0.25, 0.3) is 0 Å². The fourth-order valence-electron chi connectivity index (χ4n) is 3.30. The van der Waals surface area contributed by atoms with Gasteiger partial charge in [-0.2, -0.15) is 0 Å². The number of carboxylic acids is 1. The molecule has 1 aliphatic heterocycles. The van der Waals surface area contributed by atoms with Crippen molar-refractivity contribution in [3.05, 3.63) is 71.8 Å². The Labute approximate surface area is 153 Å². The van der Waals surface area contributed by atoms with E-state index in [4.69, 9.17) is 9.84 Å². The van der Waals surface area contributed by atoms with Crippen LogP contribution in [0.5, 0.6) is 0 Å². The van der Waals surface area contributed by atoms with Gasteiger partial charge >= 0.3 is 5.97 Å². The summed E-state index contributed by atoms with van der Waals surface area (Å²) >= 11 is 0. The summed E-state index contributed by atoms with van der Waals surface area (Å²) in [6.07, 6.45) is 0.186. The van der Waals surface area contributed by atoms with Crippen LogP contribution >= 0.6 is 0 Å². The number of ether oxygens (including phenoxy) is 1. The number of rotatable bonds is 6. The van der Waals surface area contributed by atoms with E-state index >= 15 is 0 Å². The van der Waals surface area contributed by atoms with Crippen LogP contribution in [-0.2, 0) is 20.7 Å². The third-order valence-electron chi connectivity index (χ3n) is 4.71. The average molecular weight is 353 g/mol. The van der Waals surface area contributed by atoms with Crippen molar-refractivity contribution in [3.8, 4) is 0 Å². The van der Waals surface area contributed by atoms with Crippen molar-refractivity contribution in [2.24, 2.45) is 0 Å². The van der Waals surface area contributed by atoms with E-state index in [1.165, 1.54) is 5.56 Å². The molecule has 1 saturated heterocycles. The first-order valence-electron chi connectivity index (χ1n) is 8.84. The first-order chi connectivity index (χ1) is 12.6. The van der Waals surface area contributed by atoms with Gasteiger partial charge in [0.2, 0.25) is 5.91 Å². The van der Waals surface area contributed by atoms with Crippen molar-refractivity contribution in [2.45, 2.75) is 24.9 Å². The van der Waals surface area contributed by atoms with Gasteiger partial charge < -0.3 is 14.7 Å². The molecule has 0 aromatic heterocycles. The molecule has 5 heteroatoms. The summed E-state index contributed by atoms with van der Waals surface area (Å²) in [5, 5.41) is 9.13. The second kappa shape index (κ2) is 8.63. The van der Waals surface area contributed by atoms with Crippen molar-refractivity contribution < 1.29 is 19.4 Å². The molecule has 0 spiro atoms. The second-order valence-corrected chi connectivity index (χ2v) is 6.54. The van der Waals surface area contributed by atoms with Crippen LogP contribution in [0.4, 0.5) is 0 Å². The highest BCUT2D eigenvalue weighted by molar-refractivity contribution is 5.79. The van der Waals surface area contributed by atoms with Crippen LogP contribution in [0, 0.1) is 0 Å². The van der Waals surface area contributed by atoms with E-state index in [1.54, 1.807) is 4.90 Å². The summed E-state index contributed by atoms with van der Waals surface area (Å²) in [4.78, 5) is 25.6. The molecule has 0 aliphatic carbocycles. The van der Waals surface area contributed by atoms with Gasteiger partial charge in [0.1, 0.15) is 0 Å². The van der Waals surface area contributed by atoms with Crippen molar-refractivity contribution in [3.63, 3.8) is 0 Å². The zero-order valence-corrected chi connectivity index (χ0v) is 14.6. The Morgan fingerprint density at radius 3 is 2.38 bits per heavy atom. The minimum atomic E-state index is -1.02. The highest BCUT2D eigenvalue weighted by atomic mass is 16.5. The largest absolute Gasteiger partial charge is 0.479 e. The van der Waals surface area contributed by atoms with E-state index < -0.39 is 12.1 Å². The Bertz CT molecular complexity index is 732. The molecule has 1 heterocycles. The Morgan fingerprint density at radius 2 is 1.73 bits per heavy atom. The van der Waals surface area contributed by atoms with E-state index in [0.29, 0.717) is 13.0 Å². The molecule has 136 valence electrons. The standard InChI is InChI=1S/C21H23NO4/c23-20(22-11-12-26-19(15-22)21(24)25)14-18(17-9-5-2-6-10-17)13-16-7-3-1-4-8-16/h1-10,18-19H,11-15H2,(H,24,25)/t18-,19+/m0/s1. The molecule has 0 unspecified atom stereocenters. The number of hydrogen-bond donors (Lipinski definition) is 1. The number of carboxylic acid groups (broad SMARTS) is 1. The summed E-state index contributed by atoms with van der Waals surface area (Å²) < 4.78 is 5.21. The van der Waals surface area contributed by atoms with Crippen molar-refractivity contribution in [1.29, 1.82) is 0 Å². The molecule has 0 saturated carbocycles. The topological polar surface area (TPSA) is 66.8 Å². The molecule has 0 radical (unpaired) electrons. The lowest BCUT2D eigenvalue weighted by Gasteiger charge is -2.32. The number of nitrogens with zero attached hydrogens (tertiary/aromatic N) is 1. The first-order valence-corrected chi connectivity index (χ1v) is 8.84. The van der Waals surface area contributed by atoms with Crippen LogP contribution in [0.2, 0.25) is 0 Å². The van der Waals surface area contributed by atoms with E-state index in [1.807, 2.05) is 48.5 Å². The molecule has 2 aromatic carbocycles. The van der Waals surface area contributed by atoms with Crippen molar-refractivity contribution >= 4 is 11.9 Å². The maximum atomic E-state index is 12.8. The quantitative estimate of drug-likeness (QED) is 0.867. The van der Waals surface area contributed by atoms with Crippen LogP contribution in [0.3, 0.4) is 0 Å². The molecule has 2 atom stereocenters. The number of aliphatic carboxylic acids is 1. The molecule has 1 aliphatic rings. The predicted molar refractivity (Wildman–Crippen MR) is 97.9 cm³/mol. The summed E-state index contributed by atoms with van der Waals surface area (Å²) in [6.45, 7) is 0.813. The molecule has 26 heavy (non-hydrogen) atoms. The lowest BCUT2D eigenvalue weighted by atomic mass is 9.89. The maximum absolute atomic E-state index is 12.8. The SMILES string of the molecule is O=C(O)[C@H]1CN(C(=O)C[C@H](Cc2ccccc2)c2ccccc2)CCO1. The van der Waals surface area contributed by atoms with Crippen LogP contribution in [0.25, 0.3) is 0 Å². The zero-order valence-electron chi connectivity index (χ0n) is 14.6. The average Bonchev–Trinajstić information content (AvgIpc) is 2.69. The molecule has 5 nitrogen and oxygen atoms in total. The molecule has 3 rings (SSSR count). The van der Waals surface area contributed by atoms with E-state index in [9.17, 15) is 9.59 Å². The summed E-state index contributed by atoms with van der Waals surface area (Å²) in [6, 6.07) is 20.1. The lowest BCUT2D eigenvalue weighted by molar-refractivity contribution is -0.159. The number of morpholine rings is 1. The number of amides is 1. The van der Waals surface area contributed by atoms with Crippen LogP contribution < -0.4 is 0 Å². The third-order valence-corrected chi connectivity index (χ3v) is 4.71. The number of hydrogen-bond acceptors (Lipinski definition) is 3. The van der Waals surface area contributed by atoms with Crippen molar-refractivity contribution in [2.75, 3.05) is 19.7 Å². The highest BCUT2D eigenvalue weighted by Gasteiger charge is 2.30. The first kappa shape index (κ1) is 18.1. The zero-order chi connectivity index (χ0) is 18.4. The van der Waals surface area contributed by atoms with Crippen LogP contribution in [0.1, 0.15) is 23.5 Å². The Hall–Kier alpha value is -2.66. The van der Waals surface area contributed by atoms with Crippen molar-refractivity contribution in [1.82, 2.24) is 4.90 Å². The summed E-state index contributed by atoms with van der Waals surface area (Å²) in [5.74, 6) is -0.993. The normalized spacial score (nSPS) is 18.3. The monoisotopic (exact) mass is 353 g/mol. The van der Waals surface area contributed by atoms with E-state index in [-0.39, 0.29) is 25.0 Å². The fourth-order valence-corrected chi connectivity index (χ4v) is 3.30.